The summed E-state index contributed by atoms with van der Waals surface area (Å²) in [6.07, 6.45) is -2.18. The number of carbonyl (C=O) groups is 3. The number of hydrogen-bond donors (Lipinski definition) is 2. The molecule has 2 N–H and O–H groups in total. The SMILES string of the molecule is C[C@H](Cc1cccc(Cl)c1F)[C@H]1C(=O)N(C(=O)N[C@@H](C2CCCCC2)C(F)(F)F)[C@@H]1C(=O)O. The second kappa shape index (κ2) is 9.87. The van der Waals surface area contributed by atoms with Crippen LogP contribution in [0.3, 0.4) is 0 Å². The molecule has 0 bridgehead atoms. The van der Waals surface area contributed by atoms with E-state index in [1.807, 2.05) is 5.32 Å². The minimum atomic E-state index is -4.74. The van der Waals surface area contributed by atoms with E-state index in [4.69, 9.17) is 11.6 Å². The van der Waals surface area contributed by atoms with Crippen LogP contribution in [0.2, 0.25) is 5.02 Å². The van der Waals surface area contributed by atoms with Crippen molar-refractivity contribution in [1.82, 2.24) is 10.2 Å². The number of nitrogens with one attached hydrogen (secondary N) is 1. The third-order valence-corrected chi connectivity index (χ3v) is 6.84. The van der Waals surface area contributed by atoms with Gasteiger partial charge in [0, 0.05) is 0 Å². The fraction of sp³-hybridized carbons (Fsp3) is 0.591. The molecule has 1 saturated carbocycles. The smallest absolute Gasteiger partial charge is 0.408 e. The molecular weight excluding hydrogens is 468 g/mol. The van der Waals surface area contributed by atoms with Gasteiger partial charge in [-0.1, -0.05) is 49.9 Å². The normalized spacial score (nSPS) is 23.6. The van der Waals surface area contributed by atoms with Gasteiger partial charge in [-0.25, -0.2) is 18.9 Å². The number of β-lactam (4-membered cyclic amide) rings is 1. The number of rotatable bonds is 6. The number of amides is 3. The maximum atomic E-state index is 14.2. The summed E-state index contributed by atoms with van der Waals surface area (Å²) in [5.41, 5.74) is 0.171. The second-order valence-corrected chi connectivity index (χ2v) is 9.19. The van der Waals surface area contributed by atoms with Crippen LogP contribution in [0, 0.1) is 23.6 Å². The number of likely N-dealkylation sites (tertiary alicyclic amines) is 1. The molecule has 1 aliphatic heterocycles. The third kappa shape index (κ3) is 5.26. The largest absolute Gasteiger partial charge is 0.480 e. The average Bonchev–Trinajstić information content (AvgIpc) is 2.73. The van der Waals surface area contributed by atoms with Crippen molar-refractivity contribution in [2.24, 2.45) is 17.8 Å². The molecule has 1 aliphatic carbocycles. The topological polar surface area (TPSA) is 86.7 Å². The fourth-order valence-electron chi connectivity index (χ4n) is 4.87. The molecule has 3 rings (SSSR count). The van der Waals surface area contributed by atoms with Crippen molar-refractivity contribution in [1.29, 1.82) is 0 Å². The average molecular weight is 493 g/mol. The van der Waals surface area contributed by atoms with Gasteiger partial charge >= 0.3 is 18.2 Å². The van der Waals surface area contributed by atoms with Crippen molar-refractivity contribution in [2.75, 3.05) is 0 Å². The Morgan fingerprint density at radius 1 is 1.24 bits per heavy atom. The molecule has 1 aromatic carbocycles. The van der Waals surface area contributed by atoms with Crippen LogP contribution in [-0.2, 0) is 16.0 Å². The number of carboxylic acid groups (broad SMARTS) is 1. The van der Waals surface area contributed by atoms with E-state index in [-0.39, 0.29) is 29.8 Å². The van der Waals surface area contributed by atoms with Gasteiger partial charge in [-0.15, -0.1) is 0 Å². The van der Waals surface area contributed by atoms with Crippen LogP contribution in [0.25, 0.3) is 0 Å². The van der Waals surface area contributed by atoms with Gasteiger partial charge in [0.1, 0.15) is 11.9 Å². The van der Waals surface area contributed by atoms with Gasteiger partial charge in [0.2, 0.25) is 5.91 Å². The lowest BCUT2D eigenvalue weighted by molar-refractivity contribution is -0.174. The highest BCUT2D eigenvalue weighted by atomic mass is 35.5. The van der Waals surface area contributed by atoms with E-state index in [2.05, 4.69) is 0 Å². The highest BCUT2D eigenvalue weighted by Gasteiger charge is 2.58. The van der Waals surface area contributed by atoms with Crippen LogP contribution in [-0.4, -0.2) is 46.2 Å². The van der Waals surface area contributed by atoms with Gasteiger partial charge < -0.3 is 10.4 Å². The highest BCUT2D eigenvalue weighted by molar-refractivity contribution is 6.30. The molecule has 2 fully saturated rings. The maximum Gasteiger partial charge on any atom is 0.408 e. The Balaban J connectivity index is 1.75. The number of carboxylic acids is 1. The molecule has 0 unspecified atom stereocenters. The summed E-state index contributed by atoms with van der Waals surface area (Å²) in [7, 11) is 0. The lowest BCUT2D eigenvalue weighted by Crippen LogP contribution is -2.71. The molecule has 11 heteroatoms. The number of hydrogen-bond acceptors (Lipinski definition) is 3. The molecule has 1 saturated heterocycles. The Labute approximate surface area is 193 Å². The number of imide groups is 1. The predicted molar refractivity (Wildman–Crippen MR) is 111 cm³/mol. The minimum Gasteiger partial charge on any atom is -0.480 e. The number of halogens is 5. The monoisotopic (exact) mass is 492 g/mol. The van der Waals surface area contributed by atoms with E-state index < -0.39 is 59.7 Å². The van der Waals surface area contributed by atoms with Crippen LogP contribution in [0.1, 0.15) is 44.6 Å². The molecule has 1 aromatic rings. The number of urea groups is 1. The molecule has 0 aromatic heterocycles. The number of benzene rings is 1. The quantitative estimate of drug-likeness (QED) is 0.441. The molecule has 33 heavy (non-hydrogen) atoms. The first-order valence-corrected chi connectivity index (χ1v) is 11.2. The van der Waals surface area contributed by atoms with Crippen molar-refractivity contribution in [2.45, 2.75) is 63.7 Å². The van der Waals surface area contributed by atoms with E-state index in [0.717, 1.165) is 6.42 Å². The summed E-state index contributed by atoms with van der Waals surface area (Å²) >= 11 is 5.76. The maximum absolute atomic E-state index is 14.2. The summed E-state index contributed by atoms with van der Waals surface area (Å²) in [5.74, 6) is -5.84. The lowest BCUT2D eigenvalue weighted by Gasteiger charge is -2.46. The third-order valence-electron chi connectivity index (χ3n) is 6.55. The molecule has 2 aliphatic rings. The Morgan fingerprint density at radius 2 is 1.88 bits per heavy atom. The number of alkyl halides is 3. The van der Waals surface area contributed by atoms with Crippen LogP contribution in [0.5, 0.6) is 0 Å². The van der Waals surface area contributed by atoms with E-state index in [9.17, 15) is 37.1 Å². The van der Waals surface area contributed by atoms with Crippen LogP contribution in [0.4, 0.5) is 22.4 Å². The summed E-state index contributed by atoms with van der Waals surface area (Å²) in [6, 6.07) is -0.890. The lowest BCUT2D eigenvalue weighted by atomic mass is 9.75. The van der Waals surface area contributed by atoms with Gasteiger partial charge in [-0.3, -0.25) is 4.79 Å². The first kappa shape index (κ1) is 25.3. The van der Waals surface area contributed by atoms with Crippen molar-refractivity contribution in [3.63, 3.8) is 0 Å². The summed E-state index contributed by atoms with van der Waals surface area (Å²) in [6.45, 7) is 1.52. The Hall–Kier alpha value is -2.36. The molecule has 1 heterocycles. The minimum absolute atomic E-state index is 0.0325. The van der Waals surface area contributed by atoms with E-state index >= 15 is 0 Å². The van der Waals surface area contributed by atoms with Crippen molar-refractivity contribution >= 4 is 29.5 Å². The number of aliphatic carboxylic acids is 1. The zero-order valence-corrected chi connectivity index (χ0v) is 18.6. The molecular formula is C22H25ClF4N2O4. The number of carbonyl (C=O) groups excluding carboxylic acids is 2. The molecule has 6 nitrogen and oxygen atoms in total. The van der Waals surface area contributed by atoms with Crippen molar-refractivity contribution < 1.29 is 37.1 Å². The Kier molecular flexibility index (Phi) is 7.55. The summed E-state index contributed by atoms with van der Waals surface area (Å²) < 4.78 is 55.1. The predicted octanol–water partition coefficient (Wildman–Crippen LogP) is 4.79. The van der Waals surface area contributed by atoms with Gasteiger partial charge in [-0.05, 0) is 42.7 Å². The standard InChI is InChI=1S/C22H25ClF4N2O4/c1-11(10-13-8-5-9-14(23)16(13)24)15-17(20(31)32)29(19(15)30)21(33)28-18(22(25,26)27)12-6-3-2-4-7-12/h5,8-9,11-12,15,17-18H,2-4,6-7,10H2,1H3,(H,28,33)(H,31,32)/t11-,15-,17+,18+/m1/s1. The molecule has 3 amide bonds. The first-order valence-electron chi connectivity index (χ1n) is 10.8. The van der Waals surface area contributed by atoms with Crippen molar-refractivity contribution in [3.05, 3.63) is 34.6 Å². The molecule has 182 valence electrons. The highest BCUT2D eigenvalue weighted by Crippen LogP contribution is 2.38. The van der Waals surface area contributed by atoms with E-state index in [1.54, 1.807) is 0 Å². The fourth-order valence-corrected chi connectivity index (χ4v) is 5.07. The van der Waals surface area contributed by atoms with Gasteiger partial charge in [0.15, 0.2) is 6.04 Å². The van der Waals surface area contributed by atoms with Gasteiger partial charge in [-0.2, -0.15) is 13.2 Å². The summed E-state index contributed by atoms with van der Waals surface area (Å²) in [5, 5.41) is 11.3. The second-order valence-electron chi connectivity index (χ2n) is 8.78. The Morgan fingerprint density at radius 3 is 2.45 bits per heavy atom. The van der Waals surface area contributed by atoms with Crippen LogP contribution in [0.15, 0.2) is 18.2 Å². The van der Waals surface area contributed by atoms with Gasteiger partial charge in [0.05, 0.1) is 10.9 Å². The van der Waals surface area contributed by atoms with Crippen molar-refractivity contribution in [3.8, 4) is 0 Å². The van der Waals surface area contributed by atoms with E-state index in [1.165, 1.54) is 25.1 Å². The Bertz CT molecular complexity index is 920. The zero-order valence-electron chi connectivity index (χ0n) is 17.9. The van der Waals surface area contributed by atoms with E-state index in [0.29, 0.717) is 17.7 Å². The molecule has 0 spiro atoms. The molecule has 4 atom stereocenters. The van der Waals surface area contributed by atoms with Crippen LogP contribution < -0.4 is 5.32 Å². The number of nitrogens with zero attached hydrogens (tertiary/aromatic N) is 1. The molecule has 0 radical (unpaired) electrons. The van der Waals surface area contributed by atoms with Crippen LogP contribution >= 0.6 is 11.6 Å². The van der Waals surface area contributed by atoms with Gasteiger partial charge in [0.25, 0.3) is 0 Å². The summed E-state index contributed by atoms with van der Waals surface area (Å²) in [4.78, 5) is 37.5. The first-order chi connectivity index (χ1) is 15.4. The zero-order chi connectivity index (χ0) is 24.5.